The van der Waals surface area contributed by atoms with Crippen LogP contribution in [0.15, 0.2) is 41.5 Å². The van der Waals surface area contributed by atoms with Gasteiger partial charge in [-0.1, -0.05) is 31.4 Å². The Labute approximate surface area is 188 Å². The number of aromatic nitrogens is 1. The van der Waals surface area contributed by atoms with E-state index >= 15 is 0 Å². The summed E-state index contributed by atoms with van der Waals surface area (Å²) in [6.45, 7) is 0.395. The Balaban J connectivity index is 1.51. The van der Waals surface area contributed by atoms with E-state index in [2.05, 4.69) is 10.6 Å². The Morgan fingerprint density at radius 2 is 1.62 bits per heavy atom. The molecule has 0 saturated heterocycles. The zero-order valence-corrected chi connectivity index (χ0v) is 18.6. The SMILES string of the molecule is COc1ccc(CCNC(=O)c2cn(C3CCCCC3)cc(C(=O)NC3CC3)c2=O)cc1. The second-order valence-corrected chi connectivity index (χ2v) is 8.76. The van der Waals surface area contributed by atoms with Gasteiger partial charge in [0.15, 0.2) is 0 Å². The normalized spacial score (nSPS) is 16.4. The first kappa shape index (κ1) is 22.1. The number of methoxy groups -OCH3 is 1. The molecule has 2 aromatic rings. The van der Waals surface area contributed by atoms with E-state index in [9.17, 15) is 14.4 Å². The number of carbonyl (C=O) groups excluding carboxylic acids is 2. The van der Waals surface area contributed by atoms with Gasteiger partial charge in [0, 0.05) is 31.0 Å². The summed E-state index contributed by atoms with van der Waals surface area (Å²) in [7, 11) is 1.62. The molecule has 2 N–H and O–H groups in total. The minimum absolute atomic E-state index is 0.0359. The van der Waals surface area contributed by atoms with E-state index in [4.69, 9.17) is 4.74 Å². The summed E-state index contributed by atoms with van der Waals surface area (Å²) < 4.78 is 7.08. The summed E-state index contributed by atoms with van der Waals surface area (Å²) in [5, 5.41) is 5.74. The van der Waals surface area contributed by atoms with E-state index in [0.29, 0.717) is 13.0 Å². The monoisotopic (exact) mass is 437 g/mol. The zero-order chi connectivity index (χ0) is 22.5. The Hall–Kier alpha value is -3.09. The lowest BCUT2D eigenvalue weighted by molar-refractivity contribution is 0.0948. The van der Waals surface area contributed by atoms with Crippen LogP contribution >= 0.6 is 0 Å². The Kier molecular flexibility index (Phi) is 6.93. The number of pyridine rings is 1. The number of amides is 2. The van der Waals surface area contributed by atoms with Crippen molar-refractivity contribution in [3.63, 3.8) is 0 Å². The number of benzene rings is 1. The molecule has 0 unspecified atom stereocenters. The number of hydrogen-bond donors (Lipinski definition) is 2. The predicted molar refractivity (Wildman–Crippen MR) is 122 cm³/mol. The van der Waals surface area contributed by atoms with E-state index in [0.717, 1.165) is 49.8 Å². The largest absolute Gasteiger partial charge is 0.497 e. The summed E-state index contributed by atoms with van der Waals surface area (Å²) >= 11 is 0. The van der Waals surface area contributed by atoms with Crippen LogP contribution in [0.1, 0.15) is 77.3 Å². The van der Waals surface area contributed by atoms with Crippen molar-refractivity contribution in [1.29, 1.82) is 0 Å². The molecular weight excluding hydrogens is 406 g/mol. The van der Waals surface area contributed by atoms with E-state index in [1.54, 1.807) is 19.5 Å². The van der Waals surface area contributed by atoms with Gasteiger partial charge in [0.25, 0.3) is 11.8 Å². The summed E-state index contributed by atoms with van der Waals surface area (Å²) in [5.41, 5.74) is 0.652. The molecule has 0 aliphatic heterocycles. The highest BCUT2D eigenvalue weighted by Gasteiger charge is 2.27. The van der Waals surface area contributed by atoms with Crippen LogP contribution < -0.4 is 20.8 Å². The van der Waals surface area contributed by atoms with E-state index in [1.165, 1.54) is 6.42 Å². The molecule has 2 fully saturated rings. The maximum absolute atomic E-state index is 13.0. The van der Waals surface area contributed by atoms with Crippen molar-refractivity contribution in [2.75, 3.05) is 13.7 Å². The first-order valence-electron chi connectivity index (χ1n) is 11.5. The van der Waals surface area contributed by atoms with Crippen molar-refractivity contribution < 1.29 is 14.3 Å². The molecular formula is C25H31N3O4. The second-order valence-electron chi connectivity index (χ2n) is 8.76. The van der Waals surface area contributed by atoms with Gasteiger partial charge in [-0.05, 0) is 49.8 Å². The van der Waals surface area contributed by atoms with Crippen LogP contribution in [-0.2, 0) is 6.42 Å². The molecule has 2 saturated carbocycles. The van der Waals surface area contributed by atoms with E-state index in [-0.39, 0.29) is 29.1 Å². The molecule has 0 bridgehead atoms. The average molecular weight is 438 g/mol. The summed E-state index contributed by atoms with van der Waals surface area (Å²) in [4.78, 5) is 38.7. The fraction of sp³-hybridized carbons (Fsp3) is 0.480. The minimum Gasteiger partial charge on any atom is -0.497 e. The second kappa shape index (κ2) is 10.0. The number of nitrogens with one attached hydrogen (secondary N) is 2. The van der Waals surface area contributed by atoms with Crippen LogP contribution in [0.4, 0.5) is 0 Å². The third kappa shape index (κ3) is 5.39. The summed E-state index contributed by atoms with van der Waals surface area (Å²) in [5.74, 6) is -0.0357. The van der Waals surface area contributed by atoms with Gasteiger partial charge in [-0.3, -0.25) is 14.4 Å². The Bertz CT molecular complexity index is 1020. The molecule has 1 aromatic carbocycles. The third-order valence-corrected chi connectivity index (χ3v) is 6.30. The maximum Gasteiger partial charge on any atom is 0.256 e. The quantitative estimate of drug-likeness (QED) is 0.664. The van der Waals surface area contributed by atoms with E-state index in [1.807, 2.05) is 28.8 Å². The molecule has 2 amide bonds. The Morgan fingerprint density at radius 3 is 2.25 bits per heavy atom. The lowest BCUT2D eigenvalue weighted by Crippen LogP contribution is -2.37. The molecule has 4 rings (SSSR count). The van der Waals surface area contributed by atoms with Crippen molar-refractivity contribution in [2.45, 2.75) is 63.5 Å². The van der Waals surface area contributed by atoms with Gasteiger partial charge in [-0.15, -0.1) is 0 Å². The van der Waals surface area contributed by atoms with Gasteiger partial charge in [0.05, 0.1) is 7.11 Å². The van der Waals surface area contributed by atoms with Gasteiger partial charge in [-0.25, -0.2) is 0 Å². The molecule has 7 heteroatoms. The fourth-order valence-electron chi connectivity index (χ4n) is 4.21. The molecule has 2 aliphatic rings. The third-order valence-electron chi connectivity index (χ3n) is 6.30. The summed E-state index contributed by atoms with van der Waals surface area (Å²) in [6, 6.07) is 8.01. The lowest BCUT2D eigenvalue weighted by Gasteiger charge is -2.25. The predicted octanol–water partition coefficient (Wildman–Crippen LogP) is 3.23. The molecule has 0 atom stereocenters. The summed E-state index contributed by atoms with van der Waals surface area (Å²) in [6.07, 6.45) is 11.2. The molecule has 7 nitrogen and oxygen atoms in total. The number of ether oxygens (including phenoxy) is 1. The average Bonchev–Trinajstić information content (AvgIpc) is 3.64. The molecule has 1 heterocycles. The fourth-order valence-corrected chi connectivity index (χ4v) is 4.21. The number of nitrogens with zero attached hydrogens (tertiary/aromatic N) is 1. The molecule has 170 valence electrons. The molecule has 0 radical (unpaired) electrons. The number of rotatable bonds is 8. The maximum atomic E-state index is 13.0. The van der Waals surface area contributed by atoms with Gasteiger partial charge < -0.3 is 19.9 Å². The molecule has 32 heavy (non-hydrogen) atoms. The van der Waals surface area contributed by atoms with E-state index < -0.39 is 11.3 Å². The Morgan fingerprint density at radius 1 is 0.969 bits per heavy atom. The van der Waals surface area contributed by atoms with Crippen molar-refractivity contribution in [1.82, 2.24) is 15.2 Å². The first-order valence-corrected chi connectivity index (χ1v) is 11.5. The highest BCUT2D eigenvalue weighted by Crippen LogP contribution is 2.28. The highest BCUT2D eigenvalue weighted by molar-refractivity contribution is 5.99. The van der Waals surface area contributed by atoms with Gasteiger partial charge in [0.1, 0.15) is 16.9 Å². The minimum atomic E-state index is -0.503. The van der Waals surface area contributed by atoms with Crippen LogP contribution in [0, 0.1) is 0 Å². The molecule has 1 aromatic heterocycles. The van der Waals surface area contributed by atoms with Crippen molar-refractivity contribution in [2.24, 2.45) is 0 Å². The molecule has 0 spiro atoms. The van der Waals surface area contributed by atoms with Crippen molar-refractivity contribution >= 4 is 11.8 Å². The van der Waals surface area contributed by atoms with Gasteiger partial charge in [0.2, 0.25) is 5.43 Å². The van der Waals surface area contributed by atoms with Gasteiger partial charge >= 0.3 is 0 Å². The highest BCUT2D eigenvalue weighted by atomic mass is 16.5. The van der Waals surface area contributed by atoms with Crippen molar-refractivity contribution in [3.05, 3.63) is 63.6 Å². The number of hydrogen-bond acceptors (Lipinski definition) is 4. The topological polar surface area (TPSA) is 89.4 Å². The lowest BCUT2D eigenvalue weighted by atomic mass is 9.95. The molecule has 2 aliphatic carbocycles. The van der Waals surface area contributed by atoms with Crippen molar-refractivity contribution in [3.8, 4) is 5.75 Å². The zero-order valence-electron chi connectivity index (χ0n) is 18.6. The first-order chi connectivity index (χ1) is 15.5. The van der Waals surface area contributed by atoms with Crippen LogP contribution in [0.25, 0.3) is 0 Å². The van der Waals surface area contributed by atoms with Gasteiger partial charge in [-0.2, -0.15) is 0 Å². The smallest absolute Gasteiger partial charge is 0.256 e. The van der Waals surface area contributed by atoms with Crippen LogP contribution in [0.5, 0.6) is 5.75 Å². The van der Waals surface area contributed by atoms with Crippen LogP contribution in [0.2, 0.25) is 0 Å². The number of carbonyl (C=O) groups is 2. The van der Waals surface area contributed by atoms with Crippen LogP contribution in [-0.4, -0.2) is 36.1 Å². The van der Waals surface area contributed by atoms with Crippen LogP contribution in [0.3, 0.4) is 0 Å². The standard InChI is InChI=1S/C25H31N3O4/c1-32-20-11-7-17(8-12-20)13-14-26-24(30)21-15-28(19-5-3-2-4-6-19)16-22(23(21)29)25(31)27-18-9-10-18/h7-8,11-12,15-16,18-19H,2-6,9-10,13-14H2,1H3,(H,26,30)(H,27,31).